The molecule has 3 N–H and O–H groups in total. The Morgan fingerprint density at radius 3 is 2.45 bits per heavy atom. The number of benzene rings is 1. The standard InChI is InChI=1S/C40H56N6O9S/c1-8-25-30-21-46(31(25)33(47)44-40(20-22(40)2)36(49)45-56(51,52)39(6)16-17-39)35(48)32(38(3,4)5)43-37(50)55-29-18-23(29)12-10-9-11-13-27-34(54-30)42-28-19-24(53-7)14-15-26(28)41-27/h14-15,19,22-23,25,29-32H,8-13,16-18,20-21H2,1-7H3,(H,43,50)(H,44,47)(H,45,49). The van der Waals surface area contributed by atoms with Crippen molar-refractivity contribution in [1.29, 1.82) is 0 Å². The summed E-state index contributed by atoms with van der Waals surface area (Å²) in [5, 5.41) is 5.74. The van der Waals surface area contributed by atoms with Gasteiger partial charge < -0.3 is 29.7 Å². The van der Waals surface area contributed by atoms with Gasteiger partial charge >= 0.3 is 6.09 Å². The van der Waals surface area contributed by atoms with Gasteiger partial charge in [0, 0.05) is 12.0 Å². The normalized spacial score (nSPS) is 31.6. The number of nitrogens with zero attached hydrogens (tertiary/aromatic N) is 3. The van der Waals surface area contributed by atoms with Crippen molar-refractivity contribution in [2.75, 3.05) is 13.7 Å². The van der Waals surface area contributed by atoms with Crippen LogP contribution in [-0.4, -0.2) is 95.3 Å². The van der Waals surface area contributed by atoms with Crippen LogP contribution in [0.25, 0.3) is 11.0 Å². The molecule has 16 heteroatoms. The zero-order chi connectivity index (χ0) is 40.4. The molecule has 1 saturated heterocycles. The minimum Gasteiger partial charge on any atom is -0.497 e. The van der Waals surface area contributed by atoms with Gasteiger partial charge in [-0.05, 0) is 87.7 Å². The third-order valence-corrected chi connectivity index (χ3v) is 14.8. The van der Waals surface area contributed by atoms with Gasteiger partial charge in [0.1, 0.15) is 41.3 Å². The van der Waals surface area contributed by atoms with Gasteiger partial charge in [-0.15, -0.1) is 0 Å². The Bertz CT molecular complexity index is 2020. The number of ether oxygens (including phenoxy) is 3. The molecule has 8 atom stereocenters. The second kappa shape index (κ2) is 14.6. The van der Waals surface area contributed by atoms with E-state index < -0.39 is 73.6 Å². The van der Waals surface area contributed by atoms with Gasteiger partial charge in [0.15, 0.2) is 0 Å². The summed E-state index contributed by atoms with van der Waals surface area (Å²) in [6.07, 6.45) is 4.87. The maximum Gasteiger partial charge on any atom is 0.408 e. The van der Waals surface area contributed by atoms with Crippen molar-refractivity contribution in [3.63, 3.8) is 0 Å². The predicted octanol–water partition coefficient (Wildman–Crippen LogP) is 4.16. The molecular weight excluding hydrogens is 741 g/mol. The minimum absolute atomic E-state index is 0.0256. The number of alkyl carbamates (subject to hydrolysis) is 1. The van der Waals surface area contributed by atoms with Gasteiger partial charge in [0.25, 0.3) is 5.91 Å². The van der Waals surface area contributed by atoms with Crippen molar-refractivity contribution in [2.45, 2.75) is 140 Å². The monoisotopic (exact) mass is 796 g/mol. The van der Waals surface area contributed by atoms with Gasteiger partial charge in [-0.3, -0.25) is 19.1 Å². The second-order valence-electron chi connectivity index (χ2n) is 17.9. The van der Waals surface area contributed by atoms with Crippen molar-refractivity contribution < 1.29 is 41.8 Å². The molecule has 4 fully saturated rings. The number of hydrogen-bond acceptors (Lipinski definition) is 11. The summed E-state index contributed by atoms with van der Waals surface area (Å²) in [6, 6.07) is 3.25. The molecule has 1 aromatic carbocycles. The smallest absolute Gasteiger partial charge is 0.408 e. The van der Waals surface area contributed by atoms with Crippen LogP contribution in [0.4, 0.5) is 4.79 Å². The molecule has 0 spiro atoms. The third-order valence-electron chi connectivity index (χ3n) is 12.7. The average molecular weight is 797 g/mol. The van der Waals surface area contributed by atoms with E-state index in [1.54, 1.807) is 27.0 Å². The summed E-state index contributed by atoms with van der Waals surface area (Å²) in [6.45, 7) is 10.7. The molecule has 0 radical (unpaired) electrons. The highest BCUT2D eigenvalue weighted by Crippen LogP contribution is 2.47. The van der Waals surface area contributed by atoms with E-state index >= 15 is 0 Å². The summed E-state index contributed by atoms with van der Waals surface area (Å²) in [7, 11) is -2.40. The molecule has 2 aromatic rings. The van der Waals surface area contributed by atoms with Gasteiger partial charge in [0.05, 0.1) is 29.4 Å². The van der Waals surface area contributed by atoms with E-state index in [9.17, 15) is 27.6 Å². The average Bonchev–Trinajstić information content (AvgIpc) is 4.09. The van der Waals surface area contributed by atoms with E-state index in [4.69, 9.17) is 24.2 Å². The Hall–Kier alpha value is -4.21. The molecule has 8 unspecified atom stereocenters. The second-order valence-corrected chi connectivity index (χ2v) is 20.1. The Morgan fingerprint density at radius 1 is 1.07 bits per heavy atom. The Balaban J connectivity index is 1.25. The fourth-order valence-corrected chi connectivity index (χ4v) is 9.64. The molecule has 2 aliphatic heterocycles. The van der Waals surface area contributed by atoms with Gasteiger partial charge in [-0.2, -0.15) is 0 Å². The zero-order valence-electron chi connectivity index (χ0n) is 33.5. The first-order valence-electron chi connectivity index (χ1n) is 20.1. The van der Waals surface area contributed by atoms with Crippen molar-refractivity contribution in [3.05, 3.63) is 23.9 Å². The lowest BCUT2D eigenvalue weighted by molar-refractivity contribution is -0.143. The number of sulfonamides is 1. The molecular formula is C40H56N6O9S. The highest BCUT2D eigenvalue weighted by molar-refractivity contribution is 7.91. The van der Waals surface area contributed by atoms with Crippen molar-refractivity contribution in [2.24, 2.45) is 23.2 Å². The first-order valence-corrected chi connectivity index (χ1v) is 21.6. The molecule has 3 heterocycles. The fourth-order valence-electron chi connectivity index (χ4n) is 8.33. The van der Waals surface area contributed by atoms with Crippen LogP contribution >= 0.6 is 0 Å². The highest BCUT2D eigenvalue weighted by atomic mass is 32.2. The lowest BCUT2D eigenvalue weighted by Crippen LogP contribution is -2.61. The highest BCUT2D eigenvalue weighted by Gasteiger charge is 2.63. The van der Waals surface area contributed by atoms with E-state index in [1.165, 1.54) is 4.90 Å². The van der Waals surface area contributed by atoms with E-state index in [0.29, 0.717) is 54.0 Å². The Labute approximate surface area is 328 Å². The lowest BCUT2D eigenvalue weighted by atomic mass is 9.85. The number of aryl methyl sites for hydroxylation is 1. The lowest BCUT2D eigenvalue weighted by Gasteiger charge is -2.36. The molecule has 3 aliphatic carbocycles. The molecule has 56 heavy (non-hydrogen) atoms. The molecule has 306 valence electrons. The summed E-state index contributed by atoms with van der Waals surface area (Å²) in [4.78, 5) is 67.9. The van der Waals surface area contributed by atoms with Crippen molar-refractivity contribution in [1.82, 2.24) is 30.2 Å². The van der Waals surface area contributed by atoms with Crippen LogP contribution in [0.3, 0.4) is 0 Å². The number of nitrogens with one attached hydrogen (secondary N) is 3. The van der Waals surface area contributed by atoms with E-state index in [2.05, 4.69) is 15.4 Å². The predicted molar refractivity (Wildman–Crippen MR) is 206 cm³/mol. The van der Waals surface area contributed by atoms with Gasteiger partial charge in [-0.25, -0.2) is 23.2 Å². The zero-order valence-corrected chi connectivity index (χ0v) is 34.3. The first-order chi connectivity index (χ1) is 26.4. The minimum atomic E-state index is -3.97. The number of aromatic nitrogens is 2. The molecule has 5 aliphatic rings. The quantitative estimate of drug-likeness (QED) is 0.364. The summed E-state index contributed by atoms with van der Waals surface area (Å²) in [5.74, 6) is -1.67. The van der Waals surface area contributed by atoms with Crippen LogP contribution in [0.2, 0.25) is 0 Å². The number of amides is 4. The third kappa shape index (κ3) is 7.73. The van der Waals surface area contributed by atoms with Crippen LogP contribution in [0.5, 0.6) is 11.6 Å². The van der Waals surface area contributed by atoms with E-state index in [1.807, 2.05) is 39.8 Å². The number of rotatable bonds is 7. The number of fused-ring (bicyclic) bond motifs is 5. The molecule has 7 rings (SSSR count). The van der Waals surface area contributed by atoms with Crippen LogP contribution < -0.4 is 24.8 Å². The summed E-state index contributed by atoms with van der Waals surface area (Å²) < 4.78 is 45.4. The maximum absolute atomic E-state index is 14.9. The molecule has 3 saturated carbocycles. The SMILES string of the molecule is CCC1C2CN(C(=O)C(C(C)(C)C)NC(=O)OC3CC3CCCCCc3nc4ccc(OC)cc4nc3O2)C1C(=O)NC1(C(=O)NS(=O)(=O)C2(C)CC2)CC1C. The van der Waals surface area contributed by atoms with Crippen molar-refractivity contribution >= 4 is 44.9 Å². The van der Waals surface area contributed by atoms with Crippen LogP contribution in [-0.2, 0) is 35.6 Å². The van der Waals surface area contributed by atoms with Crippen LogP contribution in [0.15, 0.2) is 18.2 Å². The number of hydrogen-bond donors (Lipinski definition) is 3. The van der Waals surface area contributed by atoms with E-state index in [-0.39, 0.29) is 30.9 Å². The largest absolute Gasteiger partial charge is 0.497 e. The van der Waals surface area contributed by atoms with Gasteiger partial charge in [0.2, 0.25) is 27.7 Å². The summed E-state index contributed by atoms with van der Waals surface area (Å²) >= 11 is 0. The first kappa shape index (κ1) is 40.0. The Morgan fingerprint density at radius 2 is 1.80 bits per heavy atom. The topological polar surface area (TPSA) is 195 Å². The fraction of sp³-hybridized carbons (Fsp3) is 0.700. The number of carbonyl (C=O) groups is 4. The van der Waals surface area contributed by atoms with Gasteiger partial charge in [-0.1, -0.05) is 47.5 Å². The van der Waals surface area contributed by atoms with E-state index in [0.717, 1.165) is 32.1 Å². The van der Waals surface area contributed by atoms with Crippen LogP contribution in [0.1, 0.15) is 105 Å². The molecule has 15 nitrogen and oxygen atoms in total. The maximum atomic E-state index is 14.9. The molecule has 1 aromatic heterocycles. The van der Waals surface area contributed by atoms with Crippen LogP contribution in [0, 0.1) is 23.2 Å². The molecule has 2 bridgehead atoms. The Kier molecular flexibility index (Phi) is 10.4. The number of carbonyl (C=O) groups excluding carboxylic acids is 4. The number of methoxy groups -OCH3 is 1. The molecule has 4 amide bonds. The van der Waals surface area contributed by atoms with Crippen molar-refractivity contribution in [3.8, 4) is 11.6 Å². The summed E-state index contributed by atoms with van der Waals surface area (Å²) in [5.41, 5.74) is -0.346.